The van der Waals surface area contributed by atoms with Crippen molar-refractivity contribution in [1.82, 2.24) is 4.90 Å². The number of rotatable bonds is 4. The van der Waals surface area contributed by atoms with Gasteiger partial charge in [-0.2, -0.15) is 0 Å². The number of hydrogen-bond acceptors (Lipinski definition) is 4. The van der Waals surface area contributed by atoms with E-state index in [1.54, 1.807) is 7.11 Å². The summed E-state index contributed by atoms with van der Waals surface area (Å²) in [4.78, 5) is 21.0. The molecule has 0 spiro atoms. The number of carbonyl (C=O) groups excluding carboxylic acids is 1. The van der Waals surface area contributed by atoms with Crippen molar-refractivity contribution in [3.63, 3.8) is 0 Å². The van der Waals surface area contributed by atoms with Crippen LogP contribution in [-0.4, -0.2) is 29.1 Å². The maximum absolute atomic E-state index is 13.5. The number of thioether (sulfide) groups is 1. The number of benzene rings is 2. The number of hydrogen-bond donors (Lipinski definition) is 0. The first kappa shape index (κ1) is 20.7. The molecule has 2 aromatic carbocycles. The third kappa shape index (κ3) is 4.31. The largest absolute Gasteiger partial charge is 0.496 e. The summed E-state index contributed by atoms with van der Waals surface area (Å²) in [5, 5.41) is 0.793. The number of aryl methyl sites for hydroxylation is 1. The van der Waals surface area contributed by atoms with Gasteiger partial charge in [0.2, 0.25) is 0 Å². The molecule has 0 aromatic heterocycles. The van der Waals surface area contributed by atoms with Crippen molar-refractivity contribution in [3.05, 3.63) is 64.6 Å². The Morgan fingerprint density at radius 1 is 1.13 bits per heavy atom. The smallest absolute Gasteiger partial charge is 0.267 e. The summed E-state index contributed by atoms with van der Waals surface area (Å²) >= 11 is 1.48. The lowest BCUT2D eigenvalue weighted by Gasteiger charge is -2.35. The number of ether oxygens (including phenoxy) is 1. The molecule has 1 saturated carbocycles. The summed E-state index contributed by atoms with van der Waals surface area (Å²) in [6.45, 7) is 4.28. The highest BCUT2D eigenvalue weighted by Gasteiger charge is 2.41. The molecule has 0 unspecified atom stereocenters. The highest BCUT2D eigenvalue weighted by molar-refractivity contribution is 8.18. The van der Waals surface area contributed by atoms with E-state index in [2.05, 4.69) is 13.0 Å². The maximum atomic E-state index is 13.5. The van der Waals surface area contributed by atoms with Gasteiger partial charge in [0.15, 0.2) is 5.17 Å². The van der Waals surface area contributed by atoms with Gasteiger partial charge in [0.1, 0.15) is 5.75 Å². The van der Waals surface area contributed by atoms with E-state index >= 15 is 0 Å². The number of nitrogens with zero attached hydrogens (tertiary/aromatic N) is 2. The van der Waals surface area contributed by atoms with E-state index in [9.17, 15) is 4.79 Å². The molecule has 1 heterocycles. The van der Waals surface area contributed by atoms with E-state index in [0.717, 1.165) is 45.5 Å². The monoisotopic (exact) mass is 420 g/mol. The zero-order chi connectivity index (χ0) is 21.1. The molecule has 2 fully saturated rings. The van der Waals surface area contributed by atoms with Crippen LogP contribution < -0.4 is 4.74 Å². The molecule has 1 aliphatic heterocycles. The van der Waals surface area contributed by atoms with E-state index in [-0.39, 0.29) is 11.9 Å². The minimum atomic E-state index is 0.0712. The van der Waals surface area contributed by atoms with Crippen LogP contribution in [-0.2, 0) is 4.79 Å². The summed E-state index contributed by atoms with van der Waals surface area (Å²) < 4.78 is 5.36. The predicted octanol–water partition coefficient (Wildman–Crippen LogP) is 6.19. The molecule has 4 nitrogen and oxygen atoms in total. The zero-order valence-corrected chi connectivity index (χ0v) is 18.6. The highest BCUT2D eigenvalue weighted by Crippen LogP contribution is 2.40. The summed E-state index contributed by atoms with van der Waals surface area (Å²) in [6.07, 6.45) is 6.59. The predicted molar refractivity (Wildman–Crippen MR) is 125 cm³/mol. The molecule has 0 bridgehead atoms. The van der Waals surface area contributed by atoms with Crippen LogP contribution >= 0.6 is 11.8 Å². The van der Waals surface area contributed by atoms with Crippen LogP contribution in [0.1, 0.15) is 43.7 Å². The highest BCUT2D eigenvalue weighted by atomic mass is 32.2. The summed E-state index contributed by atoms with van der Waals surface area (Å²) in [5.41, 5.74) is 2.93. The van der Waals surface area contributed by atoms with Crippen molar-refractivity contribution in [3.8, 4) is 5.75 Å². The molecule has 30 heavy (non-hydrogen) atoms. The van der Waals surface area contributed by atoms with Crippen molar-refractivity contribution in [2.24, 2.45) is 10.9 Å². The Labute approximate surface area is 183 Å². The average molecular weight is 421 g/mol. The number of amides is 1. The summed E-state index contributed by atoms with van der Waals surface area (Å²) in [5.74, 6) is 1.40. The third-order valence-corrected chi connectivity index (χ3v) is 6.92. The molecule has 1 aliphatic carbocycles. The Bertz CT molecular complexity index is 984. The van der Waals surface area contributed by atoms with Gasteiger partial charge in [-0.25, -0.2) is 4.99 Å². The fourth-order valence-corrected chi connectivity index (χ4v) is 5.34. The Hall–Kier alpha value is -2.53. The maximum Gasteiger partial charge on any atom is 0.267 e. The fraction of sp³-hybridized carbons (Fsp3) is 0.360. The zero-order valence-electron chi connectivity index (χ0n) is 17.8. The van der Waals surface area contributed by atoms with E-state index in [1.807, 2.05) is 60.4 Å². The van der Waals surface area contributed by atoms with Crippen molar-refractivity contribution in [2.45, 2.75) is 45.6 Å². The van der Waals surface area contributed by atoms with Crippen molar-refractivity contribution in [2.75, 3.05) is 7.11 Å². The Kier molecular flexibility index (Phi) is 6.28. The van der Waals surface area contributed by atoms with Gasteiger partial charge >= 0.3 is 0 Å². The Morgan fingerprint density at radius 3 is 2.60 bits per heavy atom. The summed E-state index contributed by atoms with van der Waals surface area (Å²) in [6, 6.07) is 16.1. The molecule has 4 rings (SSSR count). The van der Waals surface area contributed by atoms with Gasteiger partial charge in [0, 0.05) is 6.04 Å². The number of carbonyl (C=O) groups is 1. The standard InChI is InChI=1S/C25H28N2O2S/c1-17-9-7-8-12-21(17)27-24(28)23(16-19-13-14-22(29-3)18(2)15-19)30-25(27)26-20-10-5-4-6-11-20/h4-6,10-11,13-17,21H,7-9,12H2,1-3H3/b23-16-,26-25?/t17-,21+/m1/s1. The van der Waals surface area contributed by atoms with Gasteiger partial charge in [-0.15, -0.1) is 0 Å². The molecule has 0 N–H and O–H groups in total. The normalized spacial score (nSPS) is 24.6. The second-order valence-electron chi connectivity index (χ2n) is 8.07. The molecule has 5 heteroatoms. The minimum Gasteiger partial charge on any atom is -0.496 e. The first-order valence-corrected chi connectivity index (χ1v) is 11.4. The topological polar surface area (TPSA) is 41.9 Å². The van der Waals surface area contributed by atoms with Crippen molar-refractivity contribution >= 4 is 34.6 Å². The molecular weight excluding hydrogens is 392 g/mol. The fourth-order valence-electron chi connectivity index (χ4n) is 4.29. The quantitative estimate of drug-likeness (QED) is 0.554. The van der Waals surface area contributed by atoms with Crippen LogP contribution in [0.5, 0.6) is 5.75 Å². The van der Waals surface area contributed by atoms with E-state index < -0.39 is 0 Å². The first-order valence-electron chi connectivity index (χ1n) is 10.6. The number of aliphatic imine (C=N–C) groups is 1. The minimum absolute atomic E-state index is 0.0712. The van der Waals surface area contributed by atoms with Crippen LogP contribution in [0.15, 0.2) is 58.4 Å². The Balaban J connectivity index is 1.71. The lowest BCUT2D eigenvalue weighted by molar-refractivity contribution is -0.124. The molecule has 0 radical (unpaired) electrons. The van der Waals surface area contributed by atoms with Gasteiger partial charge in [0.25, 0.3) is 5.91 Å². The van der Waals surface area contributed by atoms with Crippen molar-refractivity contribution in [1.29, 1.82) is 0 Å². The van der Waals surface area contributed by atoms with Gasteiger partial charge in [-0.05, 0) is 78.9 Å². The number of amidine groups is 1. The molecule has 2 aliphatic rings. The van der Waals surface area contributed by atoms with Crippen LogP contribution in [0, 0.1) is 12.8 Å². The van der Waals surface area contributed by atoms with Crippen LogP contribution in [0.25, 0.3) is 6.08 Å². The van der Waals surface area contributed by atoms with Crippen molar-refractivity contribution < 1.29 is 9.53 Å². The van der Waals surface area contributed by atoms with Crippen LogP contribution in [0.3, 0.4) is 0 Å². The molecule has 2 atom stereocenters. The Morgan fingerprint density at radius 2 is 1.90 bits per heavy atom. The third-order valence-electron chi connectivity index (χ3n) is 5.93. The lowest BCUT2D eigenvalue weighted by Crippen LogP contribution is -2.44. The first-order chi connectivity index (χ1) is 14.6. The van der Waals surface area contributed by atoms with Crippen LogP contribution in [0.4, 0.5) is 5.69 Å². The van der Waals surface area contributed by atoms with E-state index in [1.165, 1.54) is 24.6 Å². The molecular formula is C25H28N2O2S. The number of para-hydroxylation sites is 1. The van der Waals surface area contributed by atoms with E-state index in [0.29, 0.717) is 5.92 Å². The average Bonchev–Trinajstić information content (AvgIpc) is 3.04. The summed E-state index contributed by atoms with van der Waals surface area (Å²) in [7, 11) is 1.67. The molecule has 1 amide bonds. The van der Waals surface area contributed by atoms with Gasteiger partial charge in [-0.3, -0.25) is 9.69 Å². The molecule has 2 aromatic rings. The van der Waals surface area contributed by atoms with E-state index in [4.69, 9.17) is 9.73 Å². The van der Waals surface area contributed by atoms with Gasteiger partial charge < -0.3 is 4.74 Å². The SMILES string of the molecule is COc1ccc(/C=C2\SC(=Nc3ccccc3)N([C@H]3CCCC[C@H]3C)C2=O)cc1C. The molecule has 1 saturated heterocycles. The second kappa shape index (κ2) is 9.09. The van der Waals surface area contributed by atoms with Gasteiger partial charge in [0.05, 0.1) is 17.7 Å². The van der Waals surface area contributed by atoms with Gasteiger partial charge in [-0.1, -0.05) is 44.0 Å². The molecule has 156 valence electrons. The second-order valence-corrected chi connectivity index (χ2v) is 9.08. The lowest BCUT2D eigenvalue weighted by atomic mass is 9.85. The number of methoxy groups -OCH3 is 1. The van der Waals surface area contributed by atoms with Crippen LogP contribution in [0.2, 0.25) is 0 Å².